The maximum atomic E-state index is 9.60. The van der Waals surface area contributed by atoms with Crippen molar-refractivity contribution in [1.82, 2.24) is 5.01 Å². The molecule has 0 spiro atoms. The van der Waals surface area contributed by atoms with Crippen molar-refractivity contribution in [2.75, 3.05) is 13.2 Å². The van der Waals surface area contributed by atoms with Gasteiger partial charge in [0.25, 0.3) is 0 Å². The van der Waals surface area contributed by atoms with E-state index in [0.29, 0.717) is 13.2 Å². The normalized spacial score (nSPS) is 18.0. The Morgan fingerprint density at radius 3 is 3.00 bits per heavy atom. The van der Waals surface area contributed by atoms with E-state index in [-0.39, 0.29) is 0 Å². The van der Waals surface area contributed by atoms with Crippen molar-refractivity contribution in [1.29, 1.82) is 0 Å². The molecule has 0 aliphatic carbocycles. The number of hydrogen-bond donors (Lipinski definition) is 0. The number of rotatable bonds is 1. The third kappa shape index (κ3) is 0.734. The molecule has 7 heavy (non-hydrogen) atoms. The van der Waals surface area contributed by atoms with Crippen LogP contribution in [-0.2, 0) is 0 Å². The van der Waals surface area contributed by atoms with Crippen LogP contribution in [0.2, 0.25) is 0 Å². The highest BCUT2D eigenvalue weighted by Crippen LogP contribution is 1.91. The van der Waals surface area contributed by atoms with Crippen molar-refractivity contribution in [3.8, 4) is 0 Å². The zero-order valence-electron chi connectivity index (χ0n) is 3.74. The van der Waals surface area contributed by atoms with Crippen LogP contribution >= 0.6 is 0 Å². The summed E-state index contributed by atoms with van der Waals surface area (Å²) in [5, 5.41) is 3.98. The fourth-order valence-corrected chi connectivity index (χ4v) is 0.421. The Labute approximate surface area is 40.8 Å². The molecule has 0 N–H and O–H groups in total. The van der Waals surface area contributed by atoms with Crippen molar-refractivity contribution < 1.29 is 0 Å². The lowest BCUT2D eigenvalue weighted by molar-refractivity contribution is 0.359. The van der Waals surface area contributed by atoms with Crippen molar-refractivity contribution >= 4 is 6.21 Å². The second-order valence-corrected chi connectivity index (χ2v) is 1.28. The van der Waals surface area contributed by atoms with Gasteiger partial charge in [-0.1, -0.05) is 0 Å². The minimum Gasteiger partial charge on any atom is -0.272 e. The number of nitrogens with zero attached hydrogens (tertiary/aromatic N) is 3. The van der Waals surface area contributed by atoms with E-state index in [2.05, 4.69) is 10.3 Å². The van der Waals surface area contributed by atoms with Gasteiger partial charge in [0.15, 0.2) is 0 Å². The van der Waals surface area contributed by atoms with Gasteiger partial charge in [0.1, 0.15) is 6.67 Å². The van der Waals surface area contributed by atoms with Crippen LogP contribution in [-0.4, -0.2) is 24.4 Å². The highest BCUT2D eigenvalue weighted by atomic mass is 16.3. The summed E-state index contributed by atoms with van der Waals surface area (Å²) in [6.45, 7) is 1.01. The van der Waals surface area contributed by atoms with Crippen LogP contribution in [0, 0.1) is 4.91 Å². The standard InChI is InChI=1S/C3H5N3O/c7-5-6-2-1-4-3-6/h1H,2-3H2. The largest absolute Gasteiger partial charge is 0.272 e. The predicted molar refractivity (Wildman–Crippen MR) is 25.9 cm³/mol. The van der Waals surface area contributed by atoms with Crippen LogP contribution in [0.3, 0.4) is 0 Å². The topological polar surface area (TPSA) is 45.0 Å². The molecule has 4 heteroatoms. The van der Waals surface area contributed by atoms with Gasteiger partial charge in [-0.2, -0.15) is 0 Å². The van der Waals surface area contributed by atoms with Gasteiger partial charge in [-0.25, -0.2) is 5.01 Å². The minimum absolute atomic E-state index is 0.434. The summed E-state index contributed by atoms with van der Waals surface area (Å²) in [5.41, 5.74) is 0. The summed E-state index contributed by atoms with van der Waals surface area (Å²) in [6, 6.07) is 0. The summed E-state index contributed by atoms with van der Waals surface area (Å²) in [6.07, 6.45) is 1.67. The third-order valence-electron chi connectivity index (χ3n) is 0.782. The van der Waals surface area contributed by atoms with E-state index in [4.69, 9.17) is 0 Å². The Kier molecular flexibility index (Phi) is 1.02. The van der Waals surface area contributed by atoms with E-state index in [1.165, 1.54) is 5.01 Å². The average Bonchev–Trinajstić information content (AvgIpc) is 2.14. The highest BCUT2D eigenvalue weighted by molar-refractivity contribution is 5.61. The first-order valence-corrected chi connectivity index (χ1v) is 2.00. The molecule has 0 aromatic heterocycles. The van der Waals surface area contributed by atoms with Crippen molar-refractivity contribution in [2.45, 2.75) is 0 Å². The smallest absolute Gasteiger partial charge is 0.129 e. The summed E-state index contributed by atoms with van der Waals surface area (Å²) in [4.78, 5) is 13.3. The SMILES string of the molecule is O=NN1CC=NC1. The zero-order valence-corrected chi connectivity index (χ0v) is 3.74. The number of hydrogen-bond acceptors (Lipinski definition) is 3. The Bertz CT molecular complexity index is 92.4. The molecule has 0 atom stereocenters. The number of aliphatic imine (C=N–C) groups is 1. The maximum absolute atomic E-state index is 9.60. The van der Waals surface area contributed by atoms with Crippen LogP contribution in [0.1, 0.15) is 0 Å². The molecular formula is C3H5N3O. The summed E-state index contributed by atoms with van der Waals surface area (Å²) < 4.78 is 0. The van der Waals surface area contributed by atoms with E-state index in [9.17, 15) is 4.91 Å². The van der Waals surface area contributed by atoms with Gasteiger partial charge in [0.2, 0.25) is 0 Å². The molecule has 1 aliphatic rings. The van der Waals surface area contributed by atoms with Gasteiger partial charge in [-0.3, -0.25) is 4.99 Å². The molecule has 0 unspecified atom stereocenters. The van der Waals surface area contributed by atoms with Crippen LogP contribution in [0.25, 0.3) is 0 Å². The molecule has 38 valence electrons. The summed E-state index contributed by atoms with van der Waals surface area (Å²) >= 11 is 0. The zero-order chi connectivity index (χ0) is 5.11. The van der Waals surface area contributed by atoms with Crippen molar-refractivity contribution in [3.05, 3.63) is 4.91 Å². The monoisotopic (exact) mass is 99.0 g/mol. The summed E-state index contributed by atoms with van der Waals surface area (Å²) in [7, 11) is 0. The Morgan fingerprint density at radius 2 is 2.71 bits per heavy atom. The lowest BCUT2D eigenvalue weighted by atomic mass is 10.7. The number of nitroso groups, excluding NO2 is 1. The van der Waals surface area contributed by atoms with Crippen LogP contribution in [0.4, 0.5) is 0 Å². The predicted octanol–water partition coefficient (Wildman–Crippen LogP) is 0.0117. The third-order valence-corrected chi connectivity index (χ3v) is 0.782. The van der Waals surface area contributed by atoms with E-state index in [1.807, 2.05) is 0 Å². The molecule has 0 radical (unpaired) electrons. The Hall–Kier alpha value is -0.930. The fourth-order valence-electron chi connectivity index (χ4n) is 0.421. The molecular weight excluding hydrogens is 94.1 g/mol. The maximum Gasteiger partial charge on any atom is 0.129 e. The van der Waals surface area contributed by atoms with E-state index >= 15 is 0 Å². The van der Waals surface area contributed by atoms with Crippen molar-refractivity contribution in [3.63, 3.8) is 0 Å². The van der Waals surface area contributed by atoms with E-state index in [0.717, 1.165) is 0 Å². The van der Waals surface area contributed by atoms with Crippen LogP contribution in [0.5, 0.6) is 0 Å². The van der Waals surface area contributed by atoms with Gasteiger partial charge in [-0.05, 0) is 0 Å². The lowest BCUT2D eigenvalue weighted by Gasteiger charge is -1.98. The molecule has 1 aliphatic heterocycles. The fraction of sp³-hybridized carbons (Fsp3) is 0.667. The second kappa shape index (κ2) is 1.68. The van der Waals surface area contributed by atoms with Gasteiger partial charge < -0.3 is 0 Å². The van der Waals surface area contributed by atoms with Gasteiger partial charge in [-0.15, -0.1) is 4.91 Å². The highest BCUT2D eigenvalue weighted by Gasteiger charge is 2.01. The average molecular weight is 99.1 g/mol. The second-order valence-electron chi connectivity index (χ2n) is 1.28. The van der Waals surface area contributed by atoms with Crippen LogP contribution in [0.15, 0.2) is 10.3 Å². The summed E-state index contributed by atoms with van der Waals surface area (Å²) in [5.74, 6) is 0. The molecule has 0 saturated carbocycles. The first kappa shape index (κ1) is 4.23. The van der Waals surface area contributed by atoms with E-state index < -0.39 is 0 Å². The molecule has 0 fully saturated rings. The van der Waals surface area contributed by atoms with Gasteiger partial charge in [0.05, 0.1) is 11.8 Å². The Balaban J connectivity index is 2.35. The van der Waals surface area contributed by atoms with Gasteiger partial charge in [0, 0.05) is 6.21 Å². The molecule has 0 aromatic carbocycles. The lowest BCUT2D eigenvalue weighted by Crippen LogP contribution is -2.11. The van der Waals surface area contributed by atoms with Crippen molar-refractivity contribution in [2.24, 2.45) is 10.3 Å². The molecule has 0 aromatic rings. The minimum atomic E-state index is 0.434. The first-order chi connectivity index (χ1) is 3.43. The molecule has 0 bridgehead atoms. The molecule has 1 heterocycles. The quantitative estimate of drug-likeness (QED) is 0.435. The van der Waals surface area contributed by atoms with E-state index in [1.54, 1.807) is 6.21 Å². The Morgan fingerprint density at radius 1 is 1.86 bits per heavy atom. The van der Waals surface area contributed by atoms with Crippen LogP contribution < -0.4 is 0 Å². The molecule has 0 amide bonds. The molecule has 4 nitrogen and oxygen atoms in total. The first-order valence-electron chi connectivity index (χ1n) is 2.00. The molecule has 0 saturated heterocycles. The van der Waals surface area contributed by atoms with Gasteiger partial charge >= 0.3 is 0 Å². The molecule has 1 rings (SSSR count).